The fourth-order valence-corrected chi connectivity index (χ4v) is 8.94. The van der Waals surface area contributed by atoms with Crippen LogP contribution in [-0.4, -0.2) is 4.57 Å². The highest BCUT2D eigenvalue weighted by Crippen LogP contribution is 2.44. The van der Waals surface area contributed by atoms with Crippen LogP contribution in [0.5, 0.6) is 0 Å². The van der Waals surface area contributed by atoms with Crippen LogP contribution in [0.3, 0.4) is 0 Å². The molecule has 1 aliphatic rings. The monoisotopic (exact) mass is 644 g/mol. The van der Waals surface area contributed by atoms with Crippen molar-refractivity contribution in [1.82, 2.24) is 4.57 Å². The van der Waals surface area contributed by atoms with Gasteiger partial charge in [0, 0.05) is 53.7 Å². The molecule has 232 valence electrons. The summed E-state index contributed by atoms with van der Waals surface area (Å²) in [6.07, 6.45) is 4.45. The summed E-state index contributed by atoms with van der Waals surface area (Å²) >= 11 is 1.89. The molecule has 0 N–H and O–H groups in total. The molecule has 7 aromatic carbocycles. The summed E-state index contributed by atoms with van der Waals surface area (Å²) in [5, 5.41) is 5.25. The van der Waals surface area contributed by atoms with E-state index in [1.807, 2.05) is 11.3 Å². The zero-order valence-electron chi connectivity index (χ0n) is 26.9. The molecule has 2 heterocycles. The molecule has 0 aliphatic heterocycles. The number of allylic oxidation sites excluding steroid dienone is 1. The Hall–Kier alpha value is -5.90. The van der Waals surface area contributed by atoms with E-state index in [-0.39, 0.29) is 0 Å². The van der Waals surface area contributed by atoms with Gasteiger partial charge in [-0.1, -0.05) is 103 Å². The number of aromatic nitrogens is 1. The van der Waals surface area contributed by atoms with E-state index in [4.69, 9.17) is 0 Å². The van der Waals surface area contributed by atoms with Gasteiger partial charge in [0.2, 0.25) is 0 Å². The van der Waals surface area contributed by atoms with E-state index >= 15 is 0 Å². The van der Waals surface area contributed by atoms with Crippen molar-refractivity contribution in [3.63, 3.8) is 0 Å². The first-order valence-electron chi connectivity index (χ1n) is 17.0. The van der Waals surface area contributed by atoms with E-state index < -0.39 is 0 Å². The standard InChI is InChI=1S/C46H32N2S/c1-3-11-31(12-4-1)32-19-23-35(24-20-32)47(36-25-21-33-22-28-45-46(40(33)29-36)39-16-8-10-18-44(39)49-45)37-26-27-43-41(30-37)38-15-7-9-17-42(38)48(43)34-13-5-2-6-14-34/h1-20,22-24,26-30H,21,25H2. The zero-order chi connectivity index (χ0) is 32.3. The molecule has 0 atom stereocenters. The van der Waals surface area contributed by atoms with Crippen molar-refractivity contribution in [3.8, 4) is 16.8 Å². The number of hydrogen-bond acceptors (Lipinski definition) is 2. The lowest BCUT2D eigenvalue weighted by molar-refractivity contribution is 0.897. The van der Waals surface area contributed by atoms with Crippen LogP contribution in [0.4, 0.5) is 11.4 Å². The van der Waals surface area contributed by atoms with Crippen LogP contribution >= 0.6 is 11.3 Å². The van der Waals surface area contributed by atoms with Crippen LogP contribution in [0.1, 0.15) is 17.5 Å². The Morgan fingerprint density at radius 2 is 1.16 bits per heavy atom. The van der Waals surface area contributed by atoms with Gasteiger partial charge in [-0.15, -0.1) is 11.3 Å². The van der Waals surface area contributed by atoms with Gasteiger partial charge in [0.05, 0.1) is 11.0 Å². The molecule has 10 rings (SSSR count). The molecule has 3 heteroatoms. The molecule has 0 unspecified atom stereocenters. The van der Waals surface area contributed by atoms with E-state index in [1.54, 1.807) is 0 Å². The third-order valence-corrected chi connectivity index (χ3v) is 11.2. The first kappa shape index (κ1) is 28.1. The minimum atomic E-state index is 0.963. The Kier molecular flexibility index (Phi) is 6.53. The zero-order valence-corrected chi connectivity index (χ0v) is 27.7. The van der Waals surface area contributed by atoms with Gasteiger partial charge in [-0.05, 0) is 102 Å². The van der Waals surface area contributed by atoms with Gasteiger partial charge in [-0.25, -0.2) is 0 Å². The summed E-state index contributed by atoms with van der Waals surface area (Å²) in [6.45, 7) is 0. The maximum absolute atomic E-state index is 2.50. The summed E-state index contributed by atoms with van der Waals surface area (Å²) in [5.41, 5.74) is 12.5. The number of thiophene rings is 1. The Balaban J connectivity index is 1.19. The van der Waals surface area contributed by atoms with Crippen LogP contribution in [0.25, 0.3) is 64.9 Å². The first-order chi connectivity index (χ1) is 24.3. The maximum atomic E-state index is 2.50. The van der Waals surface area contributed by atoms with Crippen molar-refractivity contribution in [2.45, 2.75) is 12.8 Å². The first-order valence-corrected chi connectivity index (χ1v) is 17.8. The summed E-state index contributed by atoms with van der Waals surface area (Å²) in [7, 11) is 0. The molecule has 0 amide bonds. The van der Waals surface area contributed by atoms with Crippen LogP contribution in [-0.2, 0) is 6.42 Å². The third-order valence-electron chi connectivity index (χ3n) is 10.1. The van der Waals surface area contributed by atoms with E-state index in [0.29, 0.717) is 0 Å². The Bertz CT molecular complexity index is 2700. The molecule has 9 aromatic rings. The van der Waals surface area contributed by atoms with Gasteiger partial charge in [0.1, 0.15) is 0 Å². The molecule has 0 bridgehead atoms. The van der Waals surface area contributed by atoms with Crippen molar-refractivity contribution in [1.29, 1.82) is 0 Å². The minimum absolute atomic E-state index is 0.963. The van der Waals surface area contributed by atoms with Crippen molar-refractivity contribution in [3.05, 3.63) is 181 Å². The van der Waals surface area contributed by atoms with Crippen molar-refractivity contribution >= 4 is 70.8 Å². The van der Waals surface area contributed by atoms with Crippen molar-refractivity contribution in [2.75, 3.05) is 4.90 Å². The topological polar surface area (TPSA) is 8.17 Å². The minimum Gasteiger partial charge on any atom is -0.314 e. The van der Waals surface area contributed by atoms with E-state index in [0.717, 1.165) is 12.8 Å². The summed E-state index contributed by atoms with van der Waals surface area (Å²) in [4.78, 5) is 2.50. The third kappa shape index (κ3) is 4.62. The highest BCUT2D eigenvalue weighted by atomic mass is 32.1. The van der Waals surface area contributed by atoms with Gasteiger partial charge >= 0.3 is 0 Å². The van der Waals surface area contributed by atoms with Crippen LogP contribution in [0.2, 0.25) is 0 Å². The molecule has 0 fully saturated rings. The second kappa shape index (κ2) is 11.4. The smallest absolute Gasteiger partial charge is 0.0542 e. The molecule has 0 spiro atoms. The van der Waals surface area contributed by atoms with Crippen LogP contribution < -0.4 is 4.90 Å². The number of aryl methyl sites for hydroxylation is 1. The predicted octanol–water partition coefficient (Wildman–Crippen LogP) is 12.9. The van der Waals surface area contributed by atoms with Crippen LogP contribution in [0.15, 0.2) is 169 Å². The Morgan fingerprint density at radius 1 is 0.490 bits per heavy atom. The fraction of sp³-hybridized carbons (Fsp3) is 0.0435. The predicted molar refractivity (Wildman–Crippen MR) is 210 cm³/mol. The number of nitrogens with zero attached hydrogens (tertiary/aromatic N) is 2. The molecular weight excluding hydrogens is 613 g/mol. The molecule has 0 radical (unpaired) electrons. The quantitative estimate of drug-likeness (QED) is 0.181. The average Bonchev–Trinajstić information content (AvgIpc) is 3.72. The molecule has 0 saturated heterocycles. The Labute approximate surface area is 289 Å². The van der Waals surface area contributed by atoms with E-state index in [2.05, 4.69) is 179 Å². The highest BCUT2D eigenvalue weighted by molar-refractivity contribution is 7.25. The molecule has 1 aliphatic carbocycles. The summed E-state index contributed by atoms with van der Waals surface area (Å²) in [5.74, 6) is 0. The summed E-state index contributed by atoms with van der Waals surface area (Å²) in [6, 6.07) is 59.8. The van der Waals surface area contributed by atoms with Crippen molar-refractivity contribution in [2.24, 2.45) is 0 Å². The number of anilines is 2. The van der Waals surface area contributed by atoms with Gasteiger partial charge in [0.15, 0.2) is 0 Å². The molecule has 2 nitrogen and oxygen atoms in total. The van der Waals surface area contributed by atoms with E-state index in [1.165, 1.54) is 87.0 Å². The van der Waals surface area contributed by atoms with Crippen molar-refractivity contribution < 1.29 is 0 Å². The average molecular weight is 645 g/mol. The largest absolute Gasteiger partial charge is 0.314 e. The number of hydrogen-bond donors (Lipinski definition) is 0. The lowest BCUT2D eigenvalue weighted by atomic mass is 9.91. The second-order valence-electron chi connectivity index (χ2n) is 12.9. The molecule has 2 aromatic heterocycles. The number of para-hydroxylation sites is 2. The Morgan fingerprint density at radius 3 is 2.00 bits per heavy atom. The molecule has 0 saturated carbocycles. The molecule has 49 heavy (non-hydrogen) atoms. The number of rotatable bonds is 5. The summed E-state index contributed by atoms with van der Waals surface area (Å²) < 4.78 is 5.09. The lowest BCUT2D eigenvalue weighted by Crippen LogP contribution is -2.19. The van der Waals surface area contributed by atoms with Crippen LogP contribution in [0, 0.1) is 0 Å². The molecular formula is C46H32N2S. The maximum Gasteiger partial charge on any atom is 0.0542 e. The van der Waals surface area contributed by atoms with Gasteiger partial charge < -0.3 is 9.47 Å². The SMILES string of the molecule is C1=C(N(c2ccc(-c3ccccc3)cc2)c2ccc3c(c2)c2ccccc2n3-c2ccccc2)CCc2ccc3sc4ccccc4c3c21. The number of fused-ring (bicyclic) bond motifs is 8. The fourth-order valence-electron chi connectivity index (χ4n) is 7.82. The van der Waals surface area contributed by atoms with E-state index in [9.17, 15) is 0 Å². The van der Waals surface area contributed by atoms with Gasteiger partial charge in [-0.3, -0.25) is 0 Å². The van der Waals surface area contributed by atoms with Gasteiger partial charge in [-0.2, -0.15) is 0 Å². The highest BCUT2D eigenvalue weighted by Gasteiger charge is 2.23. The lowest BCUT2D eigenvalue weighted by Gasteiger charge is -2.31. The normalized spacial score (nSPS) is 12.9. The van der Waals surface area contributed by atoms with Gasteiger partial charge in [0.25, 0.3) is 0 Å². The number of benzene rings is 7. The second-order valence-corrected chi connectivity index (χ2v) is 14.0.